The molecular formula is C14H10N2O2. The first-order chi connectivity index (χ1) is 8.83. The number of carbonyl (C=O) groups excluding carboxylic acids is 2. The predicted octanol–water partition coefficient (Wildman–Crippen LogP) is 2.13. The molecule has 0 aliphatic rings. The number of amides is 1. The van der Waals surface area contributed by atoms with Crippen LogP contribution in [0, 0.1) is 0 Å². The zero-order chi connectivity index (χ0) is 12.8. The van der Waals surface area contributed by atoms with Gasteiger partial charge in [0.15, 0.2) is 0 Å². The van der Waals surface area contributed by atoms with Crippen molar-refractivity contribution in [3.8, 4) is 0 Å². The lowest BCUT2D eigenvalue weighted by Gasteiger charge is -2.19. The number of para-hydroxylation sites is 1. The quantitative estimate of drug-likeness (QED) is 0.608. The fourth-order valence-corrected chi connectivity index (χ4v) is 1.55. The Hall–Kier alpha value is -2.71. The van der Waals surface area contributed by atoms with Gasteiger partial charge in [-0.1, -0.05) is 24.3 Å². The van der Waals surface area contributed by atoms with Crippen molar-refractivity contribution in [1.29, 1.82) is 0 Å². The molecule has 0 saturated carbocycles. The second-order valence-electron chi connectivity index (χ2n) is 3.46. The Morgan fingerprint density at radius 3 is 2.44 bits per heavy atom. The van der Waals surface area contributed by atoms with E-state index in [0.29, 0.717) is 11.5 Å². The van der Waals surface area contributed by atoms with Gasteiger partial charge in [-0.2, -0.15) is 0 Å². The number of benzene rings is 1. The van der Waals surface area contributed by atoms with Gasteiger partial charge >= 0.3 is 0 Å². The van der Waals surface area contributed by atoms with E-state index in [0.717, 1.165) is 6.08 Å². The van der Waals surface area contributed by atoms with Crippen molar-refractivity contribution in [3.05, 3.63) is 60.8 Å². The lowest BCUT2D eigenvalue weighted by molar-refractivity contribution is -0.113. The first-order valence-corrected chi connectivity index (χ1v) is 5.34. The summed E-state index contributed by atoms with van der Waals surface area (Å²) in [5, 5.41) is 0. The predicted molar refractivity (Wildman–Crippen MR) is 68.1 cm³/mol. The summed E-state index contributed by atoms with van der Waals surface area (Å²) in [5.41, 5.74) is 0.646. The fourth-order valence-electron chi connectivity index (χ4n) is 1.55. The summed E-state index contributed by atoms with van der Waals surface area (Å²) >= 11 is 0. The first-order valence-electron chi connectivity index (χ1n) is 5.34. The average Bonchev–Trinajstić information content (AvgIpc) is 2.42. The highest BCUT2D eigenvalue weighted by molar-refractivity contribution is 6.09. The van der Waals surface area contributed by atoms with Crippen LogP contribution in [-0.4, -0.2) is 16.8 Å². The third-order valence-corrected chi connectivity index (χ3v) is 2.30. The summed E-state index contributed by atoms with van der Waals surface area (Å²) in [6.45, 7) is 0. The van der Waals surface area contributed by atoms with Crippen molar-refractivity contribution in [2.45, 2.75) is 0 Å². The van der Waals surface area contributed by atoms with Crippen LogP contribution in [0.1, 0.15) is 0 Å². The van der Waals surface area contributed by atoms with Crippen molar-refractivity contribution < 1.29 is 9.59 Å². The maximum absolute atomic E-state index is 11.9. The molecular weight excluding hydrogens is 228 g/mol. The van der Waals surface area contributed by atoms with E-state index in [1.54, 1.807) is 36.5 Å². The third kappa shape index (κ3) is 2.51. The molecule has 4 nitrogen and oxygen atoms in total. The van der Waals surface area contributed by atoms with E-state index in [-0.39, 0.29) is 0 Å². The van der Waals surface area contributed by atoms with Gasteiger partial charge in [-0.3, -0.25) is 9.69 Å². The molecule has 0 radical (unpaired) electrons. The first kappa shape index (κ1) is 11.8. The second-order valence-corrected chi connectivity index (χ2v) is 3.46. The zero-order valence-electron chi connectivity index (χ0n) is 9.48. The number of hydrogen-bond acceptors (Lipinski definition) is 3. The van der Waals surface area contributed by atoms with Gasteiger partial charge in [0.05, 0.1) is 11.8 Å². The number of pyridine rings is 1. The molecule has 0 fully saturated rings. The Morgan fingerprint density at radius 1 is 1.11 bits per heavy atom. The molecule has 0 aliphatic heterocycles. The highest BCUT2D eigenvalue weighted by Crippen LogP contribution is 2.22. The van der Waals surface area contributed by atoms with E-state index in [2.05, 4.69) is 4.98 Å². The van der Waals surface area contributed by atoms with Crippen LogP contribution in [-0.2, 0) is 9.59 Å². The van der Waals surface area contributed by atoms with Crippen LogP contribution in [0.3, 0.4) is 0 Å². The van der Waals surface area contributed by atoms with Gasteiger partial charge in [-0.25, -0.2) is 9.78 Å². The van der Waals surface area contributed by atoms with E-state index >= 15 is 0 Å². The number of nitrogens with zero attached hydrogens (tertiary/aromatic N) is 2. The summed E-state index contributed by atoms with van der Waals surface area (Å²) in [7, 11) is 0. The van der Waals surface area contributed by atoms with Gasteiger partial charge in [0.25, 0.3) is 5.91 Å². The highest BCUT2D eigenvalue weighted by atomic mass is 16.2. The molecule has 1 heterocycles. The molecule has 1 amide bonds. The number of hydrogen-bond donors (Lipinski definition) is 0. The summed E-state index contributed by atoms with van der Waals surface area (Å²) in [6.07, 6.45) is 2.44. The van der Waals surface area contributed by atoms with Crippen LogP contribution >= 0.6 is 0 Å². The topological polar surface area (TPSA) is 50.3 Å². The normalized spacial score (nSPS) is 9.33. The number of aromatic nitrogens is 1. The van der Waals surface area contributed by atoms with Crippen LogP contribution in [0.4, 0.5) is 11.5 Å². The molecule has 0 bridgehead atoms. The van der Waals surface area contributed by atoms with Crippen LogP contribution < -0.4 is 4.90 Å². The van der Waals surface area contributed by atoms with Crippen molar-refractivity contribution in [1.82, 2.24) is 4.98 Å². The van der Waals surface area contributed by atoms with Crippen molar-refractivity contribution in [3.63, 3.8) is 0 Å². The fraction of sp³-hybridized carbons (Fsp3) is 0. The van der Waals surface area contributed by atoms with E-state index in [1.165, 1.54) is 10.8 Å². The summed E-state index contributed by atoms with van der Waals surface area (Å²) in [6, 6.07) is 14.2. The molecule has 18 heavy (non-hydrogen) atoms. The van der Waals surface area contributed by atoms with Crippen LogP contribution in [0.2, 0.25) is 0 Å². The summed E-state index contributed by atoms with van der Waals surface area (Å²) < 4.78 is 0. The standard InChI is InChI=1S/C14H10N2O2/c17-11-9-14(18)16(12-6-2-1-3-7-12)13-8-4-5-10-15-13/h1-10H. The van der Waals surface area contributed by atoms with Gasteiger partial charge < -0.3 is 0 Å². The Bertz CT molecular complexity index is 536. The molecule has 88 valence electrons. The molecule has 0 saturated heterocycles. The monoisotopic (exact) mass is 238 g/mol. The lowest BCUT2D eigenvalue weighted by atomic mass is 10.2. The zero-order valence-corrected chi connectivity index (χ0v) is 9.48. The molecule has 1 aromatic carbocycles. The minimum atomic E-state index is -0.477. The molecule has 1 aromatic heterocycles. The maximum Gasteiger partial charge on any atom is 0.267 e. The average molecular weight is 238 g/mol. The Balaban J connectivity index is 2.48. The van der Waals surface area contributed by atoms with E-state index in [9.17, 15) is 9.59 Å². The largest absolute Gasteiger partial charge is 0.268 e. The Kier molecular flexibility index (Phi) is 3.64. The van der Waals surface area contributed by atoms with Crippen LogP contribution in [0.5, 0.6) is 0 Å². The molecule has 0 N–H and O–H groups in total. The minimum absolute atomic E-state index is 0.459. The maximum atomic E-state index is 11.9. The van der Waals surface area contributed by atoms with Gasteiger partial charge in [0.1, 0.15) is 11.8 Å². The van der Waals surface area contributed by atoms with Gasteiger partial charge in [0.2, 0.25) is 0 Å². The van der Waals surface area contributed by atoms with E-state index in [1.807, 2.05) is 18.2 Å². The third-order valence-electron chi connectivity index (χ3n) is 2.30. The Labute approximate surface area is 104 Å². The van der Waals surface area contributed by atoms with Crippen LogP contribution in [0.15, 0.2) is 60.8 Å². The van der Waals surface area contributed by atoms with Crippen molar-refractivity contribution >= 4 is 23.4 Å². The molecule has 0 atom stereocenters. The second kappa shape index (κ2) is 5.57. The molecule has 0 aliphatic carbocycles. The van der Waals surface area contributed by atoms with Gasteiger partial charge in [0, 0.05) is 6.20 Å². The summed E-state index contributed by atoms with van der Waals surface area (Å²) in [4.78, 5) is 27.7. The molecule has 2 rings (SSSR count). The van der Waals surface area contributed by atoms with Crippen molar-refractivity contribution in [2.24, 2.45) is 0 Å². The number of anilines is 2. The van der Waals surface area contributed by atoms with Crippen molar-refractivity contribution in [2.75, 3.05) is 4.90 Å². The summed E-state index contributed by atoms with van der Waals surface area (Å²) in [5.74, 6) is 1.48. The van der Waals surface area contributed by atoms with E-state index in [4.69, 9.17) is 0 Å². The highest BCUT2D eigenvalue weighted by Gasteiger charge is 2.16. The van der Waals surface area contributed by atoms with Gasteiger partial charge in [-0.05, 0) is 24.3 Å². The molecule has 2 aromatic rings. The van der Waals surface area contributed by atoms with E-state index < -0.39 is 5.91 Å². The minimum Gasteiger partial charge on any atom is -0.268 e. The molecule has 0 spiro atoms. The number of rotatable bonds is 3. The smallest absolute Gasteiger partial charge is 0.267 e. The van der Waals surface area contributed by atoms with Gasteiger partial charge in [-0.15, -0.1) is 0 Å². The molecule has 0 unspecified atom stereocenters. The van der Waals surface area contributed by atoms with Crippen LogP contribution in [0.25, 0.3) is 0 Å². The molecule has 4 heteroatoms. The Morgan fingerprint density at radius 2 is 1.83 bits per heavy atom. The lowest BCUT2D eigenvalue weighted by Crippen LogP contribution is -2.24. The SMILES string of the molecule is O=C=CC(=O)N(c1ccccc1)c1ccccn1. The number of carbonyl (C=O) groups is 1.